The highest BCUT2D eigenvalue weighted by atomic mass is 79.9. The molecule has 0 aliphatic carbocycles. The minimum atomic E-state index is -1.10. The molecule has 0 spiro atoms. The lowest BCUT2D eigenvalue weighted by Crippen LogP contribution is -2.45. The molecule has 0 aromatic carbocycles. The van der Waals surface area contributed by atoms with Crippen molar-refractivity contribution in [2.75, 3.05) is 13.2 Å². The summed E-state index contributed by atoms with van der Waals surface area (Å²) in [6.07, 6.45) is -0.113. The lowest BCUT2D eigenvalue weighted by atomic mass is 10.2. The number of rotatable bonds is 7. The first kappa shape index (κ1) is 17.0. The van der Waals surface area contributed by atoms with Crippen LogP contribution in [0, 0.1) is 0 Å². The maximum Gasteiger partial charge on any atom is 0.408 e. The zero-order valence-electron chi connectivity index (χ0n) is 11.5. The molecule has 7 heteroatoms. The van der Waals surface area contributed by atoms with Crippen molar-refractivity contribution in [1.29, 1.82) is 0 Å². The van der Waals surface area contributed by atoms with Gasteiger partial charge in [-0.25, -0.2) is 9.59 Å². The SMILES string of the molecule is CCOC(=O)C(CC)N(CCc1ccc(Br)s1)C(=O)O. The van der Waals surface area contributed by atoms with E-state index in [1.165, 1.54) is 0 Å². The Hall–Kier alpha value is -1.08. The number of carbonyl (C=O) groups is 2. The molecule has 112 valence electrons. The summed E-state index contributed by atoms with van der Waals surface area (Å²) in [5, 5.41) is 9.29. The highest BCUT2D eigenvalue weighted by Gasteiger charge is 2.29. The van der Waals surface area contributed by atoms with Gasteiger partial charge in [-0.3, -0.25) is 4.90 Å². The van der Waals surface area contributed by atoms with Gasteiger partial charge in [0.05, 0.1) is 10.4 Å². The van der Waals surface area contributed by atoms with Gasteiger partial charge < -0.3 is 9.84 Å². The number of amides is 1. The van der Waals surface area contributed by atoms with Gasteiger partial charge in [0, 0.05) is 11.4 Å². The number of nitrogens with zero attached hydrogens (tertiary/aromatic N) is 1. The fourth-order valence-electron chi connectivity index (χ4n) is 1.85. The standard InChI is InChI=1S/C13H18BrNO4S/c1-3-10(12(16)19-4-2)15(13(17)18)8-7-9-5-6-11(14)20-9/h5-6,10H,3-4,7-8H2,1-2H3,(H,17,18). The first-order valence-electron chi connectivity index (χ1n) is 6.40. The third kappa shape index (κ3) is 4.79. The molecule has 0 fully saturated rings. The smallest absolute Gasteiger partial charge is 0.408 e. The van der Waals surface area contributed by atoms with E-state index in [2.05, 4.69) is 15.9 Å². The second-order valence-corrected chi connectivity index (χ2v) is 6.66. The number of carboxylic acid groups (broad SMARTS) is 1. The number of ether oxygens (including phenoxy) is 1. The zero-order chi connectivity index (χ0) is 15.1. The minimum absolute atomic E-state index is 0.251. The van der Waals surface area contributed by atoms with Gasteiger partial charge in [-0.1, -0.05) is 6.92 Å². The van der Waals surface area contributed by atoms with Crippen molar-refractivity contribution in [1.82, 2.24) is 4.90 Å². The largest absolute Gasteiger partial charge is 0.465 e. The predicted molar refractivity (Wildman–Crippen MR) is 81.2 cm³/mol. The molecule has 0 saturated heterocycles. The van der Waals surface area contributed by atoms with E-state index in [1.54, 1.807) is 25.2 Å². The van der Waals surface area contributed by atoms with Crippen molar-refractivity contribution in [2.45, 2.75) is 32.7 Å². The van der Waals surface area contributed by atoms with Crippen molar-refractivity contribution in [3.63, 3.8) is 0 Å². The van der Waals surface area contributed by atoms with Crippen molar-refractivity contribution < 1.29 is 19.4 Å². The summed E-state index contributed by atoms with van der Waals surface area (Å²) in [4.78, 5) is 25.4. The van der Waals surface area contributed by atoms with Gasteiger partial charge >= 0.3 is 12.1 Å². The molecule has 1 heterocycles. The molecule has 0 bridgehead atoms. The summed E-state index contributed by atoms with van der Waals surface area (Å²) in [5.41, 5.74) is 0. The number of carbonyl (C=O) groups excluding carboxylic acids is 1. The Balaban J connectivity index is 2.71. The van der Waals surface area contributed by atoms with Crippen LogP contribution >= 0.6 is 27.3 Å². The van der Waals surface area contributed by atoms with Crippen molar-refractivity contribution in [3.05, 3.63) is 20.8 Å². The molecule has 1 amide bonds. The Bertz CT molecular complexity index is 463. The molecule has 1 aromatic heterocycles. The highest BCUT2D eigenvalue weighted by molar-refractivity contribution is 9.11. The third-order valence-corrected chi connectivity index (χ3v) is 4.48. The lowest BCUT2D eigenvalue weighted by molar-refractivity contribution is -0.149. The number of esters is 1. The quantitative estimate of drug-likeness (QED) is 0.754. The Morgan fingerprint density at radius 3 is 2.60 bits per heavy atom. The second-order valence-electron chi connectivity index (χ2n) is 4.11. The van der Waals surface area contributed by atoms with Gasteiger partial charge in [0.2, 0.25) is 0 Å². The number of halogens is 1. The summed E-state index contributed by atoms with van der Waals surface area (Å²) in [7, 11) is 0. The molecular formula is C13H18BrNO4S. The summed E-state index contributed by atoms with van der Waals surface area (Å²) < 4.78 is 5.94. The fourth-order valence-corrected chi connectivity index (χ4v) is 3.33. The van der Waals surface area contributed by atoms with Crippen LogP contribution in [0.25, 0.3) is 0 Å². The molecule has 0 saturated carbocycles. The number of thiophene rings is 1. The normalized spacial score (nSPS) is 11.9. The molecule has 0 aliphatic heterocycles. The van der Waals surface area contributed by atoms with E-state index >= 15 is 0 Å². The first-order chi connectivity index (χ1) is 9.49. The van der Waals surface area contributed by atoms with Crippen LogP contribution in [0.1, 0.15) is 25.1 Å². The minimum Gasteiger partial charge on any atom is -0.465 e. The van der Waals surface area contributed by atoms with E-state index in [1.807, 2.05) is 12.1 Å². The zero-order valence-corrected chi connectivity index (χ0v) is 13.9. The Morgan fingerprint density at radius 2 is 2.15 bits per heavy atom. The summed E-state index contributed by atoms with van der Waals surface area (Å²) >= 11 is 4.93. The van der Waals surface area contributed by atoms with Crippen molar-refractivity contribution >= 4 is 39.3 Å². The Morgan fingerprint density at radius 1 is 1.45 bits per heavy atom. The number of hydrogen-bond acceptors (Lipinski definition) is 4. The van der Waals surface area contributed by atoms with Crippen molar-refractivity contribution in [2.24, 2.45) is 0 Å². The molecule has 1 rings (SSSR count). The van der Waals surface area contributed by atoms with Crippen LogP contribution in [-0.2, 0) is 16.0 Å². The van der Waals surface area contributed by atoms with Gasteiger partial charge in [0.15, 0.2) is 0 Å². The van der Waals surface area contributed by atoms with Gasteiger partial charge in [0.1, 0.15) is 6.04 Å². The monoisotopic (exact) mass is 363 g/mol. The average molecular weight is 364 g/mol. The van der Waals surface area contributed by atoms with Gasteiger partial charge in [-0.05, 0) is 47.8 Å². The highest BCUT2D eigenvalue weighted by Crippen LogP contribution is 2.23. The summed E-state index contributed by atoms with van der Waals surface area (Å²) in [6.45, 7) is 4.01. The van der Waals surface area contributed by atoms with Crippen LogP contribution in [0.15, 0.2) is 15.9 Å². The molecule has 20 heavy (non-hydrogen) atoms. The van der Waals surface area contributed by atoms with E-state index in [0.717, 1.165) is 13.6 Å². The van der Waals surface area contributed by atoms with Crippen LogP contribution in [-0.4, -0.2) is 41.3 Å². The Labute approximate surface area is 130 Å². The van der Waals surface area contributed by atoms with E-state index in [4.69, 9.17) is 4.74 Å². The third-order valence-electron chi connectivity index (χ3n) is 2.80. The Kier molecular flexibility index (Phi) is 7.01. The van der Waals surface area contributed by atoms with Crippen LogP contribution < -0.4 is 0 Å². The molecule has 1 atom stereocenters. The molecular weight excluding hydrogens is 346 g/mol. The fraction of sp³-hybridized carbons (Fsp3) is 0.538. The van der Waals surface area contributed by atoms with Crippen molar-refractivity contribution in [3.8, 4) is 0 Å². The van der Waals surface area contributed by atoms with E-state index in [9.17, 15) is 14.7 Å². The molecule has 1 aromatic rings. The second kappa shape index (κ2) is 8.26. The number of hydrogen-bond donors (Lipinski definition) is 1. The van der Waals surface area contributed by atoms with Crippen LogP contribution in [0.4, 0.5) is 4.79 Å². The van der Waals surface area contributed by atoms with Gasteiger partial charge in [-0.2, -0.15) is 0 Å². The summed E-state index contributed by atoms with van der Waals surface area (Å²) in [5.74, 6) is -0.482. The van der Waals surface area contributed by atoms with Crippen LogP contribution in [0.3, 0.4) is 0 Å². The topological polar surface area (TPSA) is 66.8 Å². The summed E-state index contributed by atoms with van der Waals surface area (Å²) in [6, 6.07) is 3.13. The maximum atomic E-state index is 11.8. The molecule has 0 aliphatic rings. The first-order valence-corrected chi connectivity index (χ1v) is 8.00. The lowest BCUT2D eigenvalue weighted by Gasteiger charge is -2.26. The van der Waals surface area contributed by atoms with Crippen LogP contribution in [0.5, 0.6) is 0 Å². The van der Waals surface area contributed by atoms with E-state index < -0.39 is 18.1 Å². The molecule has 1 N–H and O–H groups in total. The van der Waals surface area contributed by atoms with E-state index in [-0.39, 0.29) is 13.2 Å². The van der Waals surface area contributed by atoms with Crippen LogP contribution in [0.2, 0.25) is 0 Å². The molecule has 1 unspecified atom stereocenters. The van der Waals surface area contributed by atoms with Gasteiger partial charge in [0.25, 0.3) is 0 Å². The predicted octanol–water partition coefficient (Wildman–Crippen LogP) is 3.37. The molecule has 5 nitrogen and oxygen atoms in total. The maximum absolute atomic E-state index is 11.8. The van der Waals surface area contributed by atoms with Gasteiger partial charge in [-0.15, -0.1) is 11.3 Å². The van der Waals surface area contributed by atoms with E-state index in [0.29, 0.717) is 12.8 Å². The average Bonchev–Trinajstić information content (AvgIpc) is 2.80. The molecule has 0 radical (unpaired) electrons.